The maximum Gasteiger partial charge on any atom is 0.201 e. The van der Waals surface area contributed by atoms with Crippen molar-refractivity contribution in [2.45, 2.75) is 28.7 Å². The number of thiophene rings is 1. The Balaban J connectivity index is 1.60. The van der Waals surface area contributed by atoms with Crippen molar-refractivity contribution < 1.29 is 4.21 Å². The number of nitrogens with two attached hydrogens (primary N) is 1. The highest BCUT2D eigenvalue weighted by Crippen LogP contribution is 2.44. The number of pyridine rings is 2. The monoisotopic (exact) mass is 464 g/mol. The number of anilines is 1. The fourth-order valence-corrected chi connectivity index (χ4v) is 7.24. The van der Waals surface area contributed by atoms with Crippen LogP contribution in [-0.2, 0) is 24.9 Å². The largest absolute Gasteiger partial charge is 0.396 e. The molecule has 0 aromatic carbocycles. The molecule has 1 saturated carbocycles. The molecule has 1 aliphatic carbocycles. The highest BCUT2D eigenvalue weighted by atomic mass is 32.2. The van der Waals surface area contributed by atoms with E-state index < -0.39 is 10.8 Å². The molecule has 2 N–H and O–H groups in total. The fourth-order valence-electron chi connectivity index (χ4n) is 4.03. The summed E-state index contributed by atoms with van der Waals surface area (Å²) in [6, 6.07) is 5.93. The van der Waals surface area contributed by atoms with Gasteiger partial charge in [-0.3, -0.25) is 8.89 Å². The lowest BCUT2D eigenvalue weighted by atomic mass is 10.0. The van der Waals surface area contributed by atoms with Crippen LogP contribution in [0.4, 0.5) is 5.69 Å². The van der Waals surface area contributed by atoms with E-state index in [0.29, 0.717) is 11.3 Å². The second-order valence-corrected chi connectivity index (χ2v) is 10.9. The summed E-state index contributed by atoms with van der Waals surface area (Å²) in [6.07, 6.45) is 6.60. The number of fused-ring (bicyclic) bond motifs is 2. The molecule has 6 rings (SSSR count). The predicted octanol–water partition coefficient (Wildman–Crippen LogP) is 3.28. The van der Waals surface area contributed by atoms with Crippen LogP contribution >= 0.6 is 11.3 Å². The molecular weight excluding hydrogens is 444 g/mol. The minimum absolute atomic E-state index is 0.189. The van der Waals surface area contributed by atoms with Gasteiger partial charge in [0.05, 0.1) is 27.9 Å². The Morgan fingerprint density at radius 1 is 1.22 bits per heavy atom. The molecule has 162 valence electrons. The lowest BCUT2D eigenvalue weighted by Gasteiger charge is -2.23. The van der Waals surface area contributed by atoms with Gasteiger partial charge in [0.15, 0.2) is 0 Å². The van der Waals surface area contributed by atoms with Crippen molar-refractivity contribution in [2.24, 2.45) is 14.1 Å². The van der Waals surface area contributed by atoms with Crippen LogP contribution in [0.15, 0.2) is 34.8 Å². The first-order chi connectivity index (χ1) is 15.5. The van der Waals surface area contributed by atoms with Crippen molar-refractivity contribution >= 4 is 49.2 Å². The number of hydrogen-bond donors (Lipinski definition) is 1. The molecule has 1 atom stereocenters. The summed E-state index contributed by atoms with van der Waals surface area (Å²) >= 11 is 1.43. The van der Waals surface area contributed by atoms with Gasteiger partial charge in [-0.05, 0) is 31.0 Å². The molecule has 5 aromatic rings. The van der Waals surface area contributed by atoms with Crippen LogP contribution in [0.3, 0.4) is 0 Å². The fraction of sp³-hybridized carbons (Fsp3) is 0.286. The number of nitrogens with zero attached hydrogens (tertiary/aromatic N) is 7. The summed E-state index contributed by atoms with van der Waals surface area (Å²) in [6.45, 7) is 0. The predicted molar refractivity (Wildman–Crippen MR) is 126 cm³/mol. The lowest BCUT2D eigenvalue weighted by Crippen LogP contribution is -2.23. The minimum atomic E-state index is -1.11. The molecule has 0 spiro atoms. The summed E-state index contributed by atoms with van der Waals surface area (Å²) < 4.78 is 17.4. The van der Waals surface area contributed by atoms with Crippen LogP contribution in [-0.4, -0.2) is 44.2 Å². The molecule has 32 heavy (non-hydrogen) atoms. The second-order valence-electron chi connectivity index (χ2n) is 8.01. The summed E-state index contributed by atoms with van der Waals surface area (Å²) in [5, 5.41) is 13.5. The molecule has 5 aromatic heterocycles. The Labute approximate surface area is 189 Å². The average molecular weight is 465 g/mol. The van der Waals surface area contributed by atoms with Gasteiger partial charge in [0.2, 0.25) is 5.65 Å². The van der Waals surface area contributed by atoms with Crippen molar-refractivity contribution in [3.05, 3.63) is 30.6 Å². The van der Waals surface area contributed by atoms with Gasteiger partial charge in [-0.1, -0.05) is 11.6 Å². The highest BCUT2D eigenvalue weighted by molar-refractivity contribution is 7.88. The van der Waals surface area contributed by atoms with Gasteiger partial charge in [0, 0.05) is 48.3 Å². The average Bonchev–Trinajstić information content (AvgIpc) is 3.43. The Morgan fingerprint density at radius 3 is 2.78 bits per heavy atom. The van der Waals surface area contributed by atoms with E-state index in [9.17, 15) is 4.21 Å². The van der Waals surface area contributed by atoms with Gasteiger partial charge in [0.1, 0.15) is 14.6 Å². The zero-order valence-corrected chi connectivity index (χ0v) is 19.2. The third-order valence-electron chi connectivity index (χ3n) is 6.06. The third-order valence-corrected chi connectivity index (χ3v) is 9.36. The normalized spacial score (nSPS) is 15.4. The van der Waals surface area contributed by atoms with Gasteiger partial charge in [-0.2, -0.15) is 5.10 Å². The standard InChI is InChI=1S/C21H20N8OS2/c1-28-15(6-7-24-28)13-9-14(11-8-16-19(23-10-11)26-27-29(16)2)25-20-17(13)18(22)21(31-20)32(30)12-4-3-5-12/h6-10,12H,3-5,22H2,1-2H3. The van der Waals surface area contributed by atoms with E-state index in [4.69, 9.17) is 10.7 Å². The lowest BCUT2D eigenvalue weighted by molar-refractivity contribution is 0.505. The summed E-state index contributed by atoms with van der Waals surface area (Å²) in [4.78, 5) is 10.1. The van der Waals surface area contributed by atoms with Crippen molar-refractivity contribution in [3.8, 4) is 22.5 Å². The molecule has 1 unspecified atom stereocenters. The van der Waals surface area contributed by atoms with Gasteiger partial charge >= 0.3 is 0 Å². The summed E-state index contributed by atoms with van der Waals surface area (Å²) in [5.74, 6) is 0. The number of nitrogen functional groups attached to an aromatic ring is 1. The van der Waals surface area contributed by atoms with E-state index >= 15 is 0 Å². The third kappa shape index (κ3) is 2.88. The zero-order valence-electron chi connectivity index (χ0n) is 17.5. The molecule has 1 fully saturated rings. The van der Waals surface area contributed by atoms with Crippen LogP contribution in [0.5, 0.6) is 0 Å². The van der Waals surface area contributed by atoms with Crippen LogP contribution in [0.1, 0.15) is 19.3 Å². The first-order valence-corrected chi connectivity index (χ1v) is 12.3. The number of aryl methyl sites for hydroxylation is 2. The molecule has 5 heterocycles. The Hall–Kier alpha value is -3.18. The molecule has 0 bridgehead atoms. The number of hydrogen-bond acceptors (Lipinski definition) is 8. The van der Waals surface area contributed by atoms with Crippen molar-refractivity contribution in [1.29, 1.82) is 0 Å². The maximum atomic E-state index is 13.2. The number of rotatable bonds is 4. The zero-order chi connectivity index (χ0) is 22.0. The van der Waals surface area contributed by atoms with E-state index in [1.165, 1.54) is 11.3 Å². The molecule has 0 aliphatic heterocycles. The molecule has 1 aliphatic rings. The van der Waals surface area contributed by atoms with E-state index in [1.54, 1.807) is 17.1 Å². The molecule has 0 saturated heterocycles. The molecule has 9 nitrogen and oxygen atoms in total. The van der Waals surface area contributed by atoms with Crippen LogP contribution < -0.4 is 5.73 Å². The highest BCUT2D eigenvalue weighted by Gasteiger charge is 2.30. The molecular formula is C21H20N8OS2. The molecule has 11 heteroatoms. The molecule has 0 amide bonds. The van der Waals surface area contributed by atoms with E-state index in [-0.39, 0.29) is 5.25 Å². The number of aromatic nitrogens is 7. The van der Waals surface area contributed by atoms with Crippen molar-refractivity contribution in [2.75, 3.05) is 5.73 Å². The Morgan fingerprint density at radius 2 is 2.06 bits per heavy atom. The maximum absolute atomic E-state index is 13.2. The van der Waals surface area contributed by atoms with Crippen molar-refractivity contribution in [3.63, 3.8) is 0 Å². The van der Waals surface area contributed by atoms with Gasteiger partial charge in [-0.15, -0.1) is 16.4 Å². The Bertz CT molecular complexity index is 1530. The first-order valence-electron chi connectivity index (χ1n) is 10.3. The minimum Gasteiger partial charge on any atom is -0.396 e. The first kappa shape index (κ1) is 19.5. The summed E-state index contributed by atoms with van der Waals surface area (Å²) in [5.41, 5.74) is 12.0. The molecule has 0 radical (unpaired) electrons. The van der Waals surface area contributed by atoms with Crippen LogP contribution in [0, 0.1) is 0 Å². The van der Waals surface area contributed by atoms with E-state index in [0.717, 1.165) is 61.7 Å². The smallest absolute Gasteiger partial charge is 0.201 e. The quantitative estimate of drug-likeness (QED) is 0.434. The Kier molecular flexibility index (Phi) is 4.37. The SMILES string of the molecule is Cn1nccc1-c1cc(-c2cnc3nnn(C)c3c2)nc2sc(S(=O)C3CCC3)c(N)c12. The second kappa shape index (κ2) is 7.17. The topological polar surface area (TPSA) is 117 Å². The van der Waals surface area contributed by atoms with Crippen LogP contribution in [0.25, 0.3) is 43.9 Å². The van der Waals surface area contributed by atoms with Crippen molar-refractivity contribution in [1.82, 2.24) is 34.7 Å². The van der Waals surface area contributed by atoms with Gasteiger partial charge in [0.25, 0.3) is 0 Å². The van der Waals surface area contributed by atoms with Gasteiger partial charge < -0.3 is 5.73 Å². The van der Waals surface area contributed by atoms with Gasteiger partial charge in [-0.25, -0.2) is 14.6 Å². The summed E-state index contributed by atoms with van der Waals surface area (Å²) in [7, 11) is 2.61. The van der Waals surface area contributed by atoms with E-state index in [2.05, 4.69) is 20.4 Å². The van der Waals surface area contributed by atoms with E-state index in [1.807, 2.05) is 37.0 Å². The van der Waals surface area contributed by atoms with Crippen LogP contribution in [0.2, 0.25) is 0 Å².